The average Bonchev–Trinajstić information content (AvgIpc) is 3.18. The van der Waals surface area contributed by atoms with Crippen molar-refractivity contribution in [2.75, 3.05) is 69.1 Å². The molecule has 0 saturated heterocycles. The highest BCUT2D eigenvalue weighted by Crippen LogP contribution is 2.42. The zero-order chi connectivity index (χ0) is 28.0. The van der Waals surface area contributed by atoms with Crippen molar-refractivity contribution >= 4 is 44.5 Å². The molecule has 2 aromatic carbocycles. The van der Waals surface area contributed by atoms with Crippen LogP contribution in [0.1, 0.15) is 18.9 Å². The van der Waals surface area contributed by atoms with E-state index in [0.29, 0.717) is 64.9 Å². The van der Waals surface area contributed by atoms with Crippen molar-refractivity contribution in [2.45, 2.75) is 13.3 Å². The molecule has 1 heterocycles. The molecular weight excluding hydrogens is 510 g/mol. The smallest absolute Gasteiger partial charge is 0.258 e. The van der Waals surface area contributed by atoms with E-state index >= 15 is 0 Å². The quantitative estimate of drug-likeness (QED) is 0.347. The molecule has 3 rings (SSSR count). The molecule has 0 aliphatic carbocycles. The number of fused-ring (bicyclic) bond motifs is 1. The molecular formula is C26H35N5O6S. The second-order valence-corrected chi connectivity index (χ2v) is 10.9. The van der Waals surface area contributed by atoms with Gasteiger partial charge in [-0.15, -0.1) is 0 Å². The number of ether oxygens (including phenoxy) is 2. The van der Waals surface area contributed by atoms with Crippen LogP contribution in [0.25, 0.3) is 5.57 Å². The van der Waals surface area contributed by atoms with Crippen molar-refractivity contribution in [3.63, 3.8) is 0 Å². The number of nitrogens with one attached hydrogen (secondary N) is 3. The van der Waals surface area contributed by atoms with E-state index in [2.05, 4.69) is 16.0 Å². The van der Waals surface area contributed by atoms with Crippen LogP contribution >= 0.6 is 0 Å². The fourth-order valence-electron chi connectivity index (χ4n) is 4.01. The molecule has 0 aromatic heterocycles. The lowest BCUT2D eigenvalue weighted by atomic mass is 10.0. The molecule has 0 atom stereocenters. The predicted molar refractivity (Wildman–Crippen MR) is 149 cm³/mol. The number of amides is 2. The van der Waals surface area contributed by atoms with Crippen LogP contribution in [0.5, 0.6) is 11.5 Å². The lowest BCUT2D eigenvalue weighted by Crippen LogP contribution is -2.42. The molecule has 0 radical (unpaired) electrons. The number of hydrogen-bond donors (Lipinski definition) is 3. The van der Waals surface area contributed by atoms with Gasteiger partial charge in [-0.05, 0) is 50.8 Å². The monoisotopic (exact) mass is 545 g/mol. The summed E-state index contributed by atoms with van der Waals surface area (Å²) in [6.07, 6.45) is 1.59. The van der Waals surface area contributed by atoms with Crippen LogP contribution in [-0.4, -0.2) is 79.3 Å². The topological polar surface area (TPSA) is 129 Å². The molecule has 1 aliphatic heterocycles. The van der Waals surface area contributed by atoms with Crippen molar-refractivity contribution in [3.05, 3.63) is 47.7 Å². The van der Waals surface area contributed by atoms with E-state index in [4.69, 9.17) is 9.47 Å². The molecule has 206 valence electrons. The van der Waals surface area contributed by atoms with Crippen LogP contribution < -0.4 is 29.7 Å². The van der Waals surface area contributed by atoms with E-state index in [-0.39, 0.29) is 12.5 Å². The fourth-order valence-corrected chi connectivity index (χ4v) is 4.87. The summed E-state index contributed by atoms with van der Waals surface area (Å²) in [4.78, 5) is 27.2. The van der Waals surface area contributed by atoms with E-state index in [1.165, 1.54) is 14.2 Å². The maximum Gasteiger partial charge on any atom is 0.258 e. The van der Waals surface area contributed by atoms with E-state index in [9.17, 15) is 18.0 Å². The minimum Gasteiger partial charge on any atom is -0.493 e. The third-order valence-electron chi connectivity index (χ3n) is 5.94. The van der Waals surface area contributed by atoms with Gasteiger partial charge in [-0.25, -0.2) is 8.42 Å². The number of benzene rings is 2. The first-order valence-corrected chi connectivity index (χ1v) is 13.9. The Morgan fingerprint density at radius 3 is 2.24 bits per heavy atom. The minimum absolute atomic E-state index is 0.250. The van der Waals surface area contributed by atoms with Gasteiger partial charge in [0.2, 0.25) is 15.9 Å². The van der Waals surface area contributed by atoms with Crippen LogP contribution in [0, 0.1) is 0 Å². The average molecular weight is 546 g/mol. The Hall–Kier alpha value is -3.77. The summed E-state index contributed by atoms with van der Waals surface area (Å²) < 4.78 is 36.7. The first-order chi connectivity index (χ1) is 18.0. The van der Waals surface area contributed by atoms with Crippen LogP contribution in [0.2, 0.25) is 0 Å². The molecule has 12 heteroatoms. The molecule has 1 aliphatic rings. The second kappa shape index (κ2) is 12.2. The predicted octanol–water partition coefficient (Wildman–Crippen LogP) is 2.33. The van der Waals surface area contributed by atoms with Gasteiger partial charge in [0.25, 0.3) is 5.91 Å². The number of allylic oxidation sites excluding steroid dienone is 1. The van der Waals surface area contributed by atoms with Crippen molar-refractivity contribution < 1.29 is 27.5 Å². The minimum atomic E-state index is -3.70. The Labute approximate surface area is 223 Å². The summed E-state index contributed by atoms with van der Waals surface area (Å²) in [6.45, 7) is 2.65. The number of rotatable bonds is 12. The highest BCUT2D eigenvalue weighted by molar-refractivity contribution is 7.92. The number of likely N-dealkylation sites (N-methyl/N-ethyl adjacent to an activating group) is 1. The van der Waals surface area contributed by atoms with Gasteiger partial charge in [0.15, 0.2) is 11.5 Å². The third-order valence-corrected chi connectivity index (χ3v) is 7.08. The Morgan fingerprint density at radius 2 is 1.68 bits per heavy atom. The molecule has 0 saturated carbocycles. The van der Waals surface area contributed by atoms with Crippen molar-refractivity contribution in [1.82, 2.24) is 10.2 Å². The number of nitrogens with zero attached hydrogens (tertiary/aromatic N) is 2. The molecule has 0 unspecified atom stereocenters. The van der Waals surface area contributed by atoms with Gasteiger partial charge in [0, 0.05) is 36.1 Å². The van der Waals surface area contributed by atoms with Gasteiger partial charge in [0.1, 0.15) is 6.54 Å². The zero-order valence-corrected chi connectivity index (χ0v) is 23.4. The van der Waals surface area contributed by atoms with E-state index < -0.39 is 15.9 Å². The molecule has 3 N–H and O–H groups in total. The van der Waals surface area contributed by atoms with Gasteiger partial charge < -0.3 is 30.3 Å². The third kappa shape index (κ3) is 6.75. The summed E-state index contributed by atoms with van der Waals surface area (Å²) in [6, 6.07) is 10.1. The normalized spacial score (nSPS) is 14.0. The summed E-state index contributed by atoms with van der Waals surface area (Å²) in [5, 5.41) is 8.88. The van der Waals surface area contributed by atoms with E-state index in [1.807, 2.05) is 25.9 Å². The number of methoxy groups -OCH3 is 2. The van der Waals surface area contributed by atoms with Crippen molar-refractivity contribution in [2.24, 2.45) is 0 Å². The standard InChI is InChI=1S/C26H35N5O6S/c1-7-20(25-19-14-22(36-4)23(37-5)15-21(19)29-26(25)33)28-17-8-10-18(11-9-17)31(38(6,34)35)16-24(32)27-12-13-30(2)3/h8-11,14-15,28H,7,12-13,16H2,1-6H3,(H,27,32)(H,29,33). The molecule has 11 nitrogen and oxygen atoms in total. The summed E-state index contributed by atoms with van der Waals surface area (Å²) >= 11 is 0. The molecule has 2 amide bonds. The highest BCUT2D eigenvalue weighted by Gasteiger charge is 2.29. The number of carbonyl (C=O) groups excluding carboxylic acids is 2. The summed E-state index contributed by atoms with van der Waals surface area (Å²) in [5.74, 6) is 0.373. The lowest BCUT2D eigenvalue weighted by Gasteiger charge is -2.22. The first kappa shape index (κ1) is 28.8. The summed E-state index contributed by atoms with van der Waals surface area (Å²) in [7, 11) is 3.13. The number of hydrogen-bond acceptors (Lipinski definition) is 8. The Bertz CT molecular complexity index is 1320. The number of sulfonamides is 1. The van der Waals surface area contributed by atoms with Crippen LogP contribution in [0.15, 0.2) is 42.1 Å². The highest BCUT2D eigenvalue weighted by atomic mass is 32.2. The zero-order valence-electron chi connectivity index (χ0n) is 22.5. The van der Waals surface area contributed by atoms with Gasteiger partial charge in [-0.2, -0.15) is 0 Å². The van der Waals surface area contributed by atoms with Crippen LogP contribution in [-0.2, 0) is 19.6 Å². The first-order valence-electron chi connectivity index (χ1n) is 12.1. The van der Waals surface area contributed by atoms with Crippen LogP contribution in [0.3, 0.4) is 0 Å². The van der Waals surface area contributed by atoms with Crippen LogP contribution in [0.4, 0.5) is 17.1 Å². The number of anilines is 3. The molecule has 2 aromatic rings. The molecule has 0 spiro atoms. The molecule has 0 bridgehead atoms. The fraction of sp³-hybridized carbons (Fsp3) is 0.385. The Balaban J connectivity index is 1.85. The molecule has 38 heavy (non-hydrogen) atoms. The number of carbonyl (C=O) groups is 2. The molecule has 0 fully saturated rings. The Morgan fingerprint density at radius 1 is 1.05 bits per heavy atom. The maximum absolute atomic E-state index is 12.9. The summed E-state index contributed by atoms with van der Waals surface area (Å²) in [5.41, 5.74) is 3.49. The van der Waals surface area contributed by atoms with Gasteiger partial charge in [0.05, 0.1) is 37.4 Å². The lowest BCUT2D eigenvalue weighted by molar-refractivity contribution is -0.119. The maximum atomic E-state index is 12.9. The second-order valence-electron chi connectivity index (χ2n) is 9.01. The Kier molecular flexibility index (Phi) is 9.23. The SMILES string of the molecule is CCC(Nc1ccc(N(CC(=O)NCCN(C)C)S(C)(=O)=O)cc1)=C1C(=O)Nc2cc(OC)c(OC)cc21. The van der Waals surface area contributed by atoms with Gasteiger partial charge in [-0.1, -0.05) is 6.92 Å². The van der Waals surface area contributed by atoms with Crippen molar-refractivity contribution in [1.29, 1.82) is 0 Å². The van der Waals surface area contributed by atoms with Crippen molar-refractivity contribution in [3.8, 4) is 11.5 Å². The van der Waals surface area contributed by atoms with E-state index in [0.717, 1.165) is 10.6 Å². The largest absolute Gasteiger partial charge is 0.493 e. The van der Waals surface area contributed by atoms with Gasteiger partial charge in [-0.3, -0.25) is 13.9 Å². The van der Waals surface area contributed by atoms with Gasteiger partial charge >= 0.3 is 0 Å². The van der Waals surface area contributed by atoms with E-state index in [1.54, 1.807) is 36.4 Å².